The van der Waals surface area contributed by atoms with Gasteiger partial charge in [0, 0.05) is 1.43 Å². The number of phenolic OH excluding ortho intramolecular Hbond substituents is 1. The number of para-hydroxylation sites is 1. The molecule has 0 radical (unpaired) electrons. The SMILES string of the molecule is CCCCN.Oc1ccccc1.[2HH]. The van der Waals surface area contributed by atoms with Gasteiger partial charge in [-0.1, -0.05) is 31.5 Å². The summed E-state index contributed by atoms with van der Waals surface area (Å²) >= 11 is 0. The quantitative estimate of drug-likeness (QED) is 0.715. The first-order valence-electron chi connectivity index (χ1n) is 4.25. The van der Waals surface area contributed by atoms with Gasteiger partial charge < -0.3 is 10.8 Å². The Morgan fingerprint density at radius 2 is 1.92 bits per heavy atom. The van der Waals surface area contributed by atoms with E-state index in [0.29, 0.717) is 5.75 Å². The fourth-order valence-electron chi connectivity index (χ4n) is 0.632. The molecule has 0 saturated heterocycles. The molecule has 0 bridgehead atoms. The van der Waals surface area contributed by atoms with Crippen LogP contribution in [0.1, 0.15) is 21.2 Å². The number of hydrogen-bond acceptors (Lipinski definition) is 2. The molecule has 2 heteroatoms. The number of benzene rings is 1. The van der Waals surface area contributed by atoms with Gasteiger partial charge in [-0.3, -0.25) is 0 Å². The molecule has 70 valence electrons. The van der Waals surface area contributed by atoms with Crippen molar-refractivity contribution in [1.82, 2.24) is 0 Å². The van der Waals surface area contributed by atoms with Gasteiger partial charge in [0.05, 0.1) is 0 Å². The molecule has 0 fully saturated rings. The fraction of sp³-hybridized carbons (Fsp3) is 0.400. The average molecular weight is 170 g/mol. The van der Waals surface area contributed by atoms with Crippen LogP contribution in [0.15, 0.2) is 30.3 Å². The van der Waals surface area contributed by atoms with Crippen LogP contribution in [0.5, 0.6) is 5.75 Å². The Morgan fingerprint density at radius 1 is 1.33 bits per heavy atom. The summed E-state index contributed by atoms with van der Waals surface area (Å²) in [4.78, 5) is 0. The number of rotatable bonds is 2. The van der Waals surface area contributed by atoms with Crippen molar-refractivity contribution >= 4 is 0 Å². The van der Waals surface area contributed by atoms with Crippen molar-refractivity contribution < 1.29 is 6.53 Å². The largest absolute Gasteiger partial charge is 0.508 e. The summed E-state index contributed by atoms with van der Waals surface area (Å²) in [7, 11) is 0. The number of phenols is 1. The van der Waals surface area contributed by atoms with Gasteiger partial charge in [0.25, 0.3) is 0 Å². The molecule has 0 aliphatic heterocycles. The van der Waals surface area contributed by atoms with Gasteiger partial charge in [-0.2, -0.15) is 0 Å². The molecule has 0 amide bonds. The third kappa shape index (κ3) is 7.09. The second kappa shape index (κ2) is 8.08. The first-order chi connectivity index (χ1) is 5.81. The molecule has 0 aliphatic rings. The summed E-state index contributed by atoms with van der Waals surface area (Å²) in [5.74, 6) is 0.322. The second-order valence-corrected chi connectivity index (χ2v) is 2.48. The van der Waals surface area contributed by atoms with E-state index in [1.54, 1.807) is 24.3 Å². The van der Waals surface area contributed by atoms with Crippen LogP contribution >= 0.6 is 0 Å². The maximum absolute atomic E-state index is 8.63. The van der Waals surface area contributed by atoms with Crippen LogP contribution in [-0.2, 0) is 0 Å². The molecule has 0 spiro atoms. The van der Waals surface area contributed by atoms with Crippen molar-refractivity contribution in [3.05, 3.63) is 30.3 Å². The van der Waals surface area contributed by atoms with Crippen LogP contribution in [0.2, 0.25) is 0 Å². The lowest BCUT2D eigenvalue weighted by Crippen LogP contribution is -1.95. The smallest absolute Gasteiger partial charge is 0.115 e. The first kappa shape index (κ1) is 11.0. The highest BCUT2D eigenvalue weighted by atomic mass is 16.3. The molecular formula is C10H19NO. The van der Waals surface area contributed by atoms with Crippen LogP contribution in [0.4, 0.5) is 0 Å². The standard InChI is InChI=1S/C6H6O.C4H11N.H2/c7-6-4-2-1-3-5-6;1-2-3-4-5;/h1-5,7H;2-5H2,1H3;1H/i;;1+1. The Balaban J connectivity index is 0. The van der Waals surface area contributed by atoms with Crippen molar-refractivity contribution in [3.8, 4) is 5.75 Å². The van der Waals surface area contributed by atoms with Gasteiger partial charge in [0.1, 0.15) is 5.75 Å². The lowest BCUT2D eigenvalue weighted by Gasteiger charge is -1.82. The zero-order valence-electron chi connectivity index (χ0n) is 7.53. The highest BCUT2D eigenvalue weighted by Gasteiger charge is 1.74. The van der Waals surface area contributed by atoms with E-state index in [9.17, 15) is 0 Å². The zero-order chi connectivity index (χ0) is 9.23. The minimum atomic E-state index is 0. The summed E-state index contributed by atoms with van der Waals surface area (Å²) < 4.78 is 0. The minimum absolute atomic E-state index is 0. The van der Waals surface area contributed by atoms with E-state index in [1.807, 2.05) is 6.07 Å². The summed E-state index contributed by atoms with van der Waals surface area (Å²) in [6.07, 6.45) is 2.39. The Hall–Kier alpha value is -1.02. The Morgan fingerprint density at radius 3 is 2.08 bits per heavy atom. The molecular weight excluding hydrogens is 150 g/mol. The van der Waals surface area contributed by atoms with Crippen molar-refractivity contribution in [2.45, 2.75) is 19.8 Å². The Bertz CT molecular complexity index is 178. The van der Waals surface area contributed by atoms with Gasteiger partial charge in [-0.25, -0.2) is 0 Å². The average Bonchev–Trinajstić information content (AvgIpc) is 2.08. The normalized spacial score (nSPS) is 8.50. The predicted octanol–water partition coefficient (Wildman–Crippen LogP) is 2.38. The van der Waals surface area contributed by atoms with E-state index in [0.717, 1.165) is 6.54 Å². The summed E-state index contributed by atoms with van der Waals surface area (Å²) in [5, 5.41) is 8.63. The molecule has 3 N–H and O–H groups in total. The maximum atomic E-state index is 8.63. The predicted molar refractivity (Wildman–Crippen MR) is 54.2 cm³/mol. The molecule has 0 heterocycles. The fourth-order valence-corrected chi connectivity index (χ4v) is 0.632. The van der Waals surface area contributed by atoms with E-state index in [4.69, 9.17) is 10.8 Å². The summed E-state index contributed by atoms with van der Waals surface area (Å²) in [6, 6.07) is 8.71. The van der Waals surface area contributed by atoms with E-state index < -0.39 is 0 Å². The van der Waals surface area contributed by atoms with Gasteiger partial charge >= 0.3 is 0 Å². The molecule has 1 aromatic carbocycles. The number of nitrogens with two attached hydrogens (primary N) is 1. The van der Waals surface area contributed by atoms with E-state index in [2.05, 4.69) is 6.92 Å². The van der Waals surface area contributed by atoms with E-state index in [-0.39, 0.29) is 1.43 Å². The molecule has 0 aliphatic carbocycles. The van der Waals surface area contributed by atoms with Crippen LogP contribution in [0.3, 0.4) is 0 Å². The number of unbranched alkanes of at least 4 members (excludes halogenated alkanes) is 1. The molecule has 1 rings (SSSR count). The number of hydrogen-bond donors (Lipinski definition) is 2. The highest BCUT2D eigenvalue weighted by Crippen LogP contribution is 2.02. The highest BCUT2D eigenvalue weighted by molar-refractivity contribution is 5.18. The third-order valence-corrected chi connectivity index (χ3v) is 1.31. The molecule has 12 heavy (non-hydrogen) atoms. The molecule has 0 saturated carbocycles. The summed E-state index contributed by atoms with van der Waals surface area (Å²) in [6.45, 7) is 2.98. The van der Waals surface area contributed by atoms with Crippen molar-refractivity contribution in [2.24, 2.45) is 5.73 Å². The minimum Gasteiger partial charge on any atom is -0.508 e. The Labute approximate surface area is 75.5 Å². The van der Waals surface area contributed by atoms with Crippen LogP contribution in [0, 0.1) is 0 Å². The zero-order valence-corrected chi connectivity index (χ0v) is 7.53. The second-order valence-electron chi connectivity index (χ2n) is 2.48. The van der Waals surface area contributed by atoms with Gasteiger partial charge in [-0.05, 0) is 25.1 Å². The van der Waals surface area contributed by atoms with Gasteiger partial charge in [0.15, 0.2) is 0 Å². The first-order valence-corrected chi connectivity index (χ1v) is 4.25. The molecule has 2 nitrogen and oxygen atoms in total. The summed E-state index contributed by atoms with van der Waals surface area (Å²) in [5.41, 5.74) is 5.14. The topological polar surface area (TPSA) is 46.2 Å². The molecule has 1 aromatic rings. The van der Waals surface area contributed by atoms with Crippen LogP contribution in [0.25, 0.3) is 0 Å². The van der Waals surface area contributed by atoms with E-state index in [1.165, 1.54) is 12.8 Å². The van der Waals surface area contributed by atoms with Crippen molar-refractivity contribution in [1.29, 1.82) is 0 Å². The monoisotopic (exact) mass is 170 g/mol. The van der Waals surface area contributed by atoms with Gasteiger partial charge in [0.2, 0.25) is 0 Å². The molecule has 0 unspecified atom stereocenters. The van der Waals surface area contributed by atoms with Crippen molar-refractivity contribution in [3.63, 3.8) is 0 Å². The Kier molecular flexibility index (Phi) is 7.39. The van der Waals surface area contributed by atoms with Crippen LogP contribution < -0.4 is 5.73 Å². The third-order valence-electron chi connectivity index (χ3n) is 1.31. The lowest BCUT2D eigenvalue weighted by atomic mass is 10.3. The maximum Gasteiger partial charge on any atom is 0.115 e. The van der Waals surface area contributed by atoms with Crippen molar-refractivity contribution in [2.75, 3.05) is 6.54 Å². The van der Waals surface area contributed by atoms with E-state index >= 15 is 0 Å². The molecule has 0 atom stereocenters. The lowest BCUT2D eigenvalue weighted by molar-refractivity contribution is 0.475. The number of aromatic hydroxyl groups is 1. The molecule has 0 aromatic heterocycles. The van der Waals surface area contributed by atoms with Gasteiger partial charge in [-0.15, -0.1) is 0 Å². The van der Waals surface area contributed by atoms with Crippen LogP contribution in [-0.4, -0.2) is 11.7 Å².